The molecule has 0 heterocycles. The Morgan fingerprint density at radius 1 is 1.50 bits per heavy atom. The van der Waals surface area contributed by atoms with Crippen molar-refractivity contribution in [3.05, 3.63) is 29.8 Å². The fourth-order valence-corrected chi connectivity index (χ4v) is 4.29. The summed E-state index contributed by atoms with van der Waals surface area (Å²) in [5, 5.41) is 17.2. The Kier molecular flexibility index (Phi) is 6.05. The van der Waals surface area contributed by atoms with Crippen molar-refractivity contribution in [1.82, 2.24) is 0 Å². The first-order valence-electron chi connectivity index (χ1n) is 5.91. The molecular formula is C13H15NO4S2. The van der Waals surface area contributed by atoms with Gasteiger partial charge in [0.25, 0.3) is 0 Å². The molecule has 0 saturated carbocycles. The quantitative estimate of drug-likeness (QED) is 0.826. The highest BCUT2D eigenvalue weighted by Gasteiger charge is 2.16. The number of carbonyl (C=O) groups is 1. The monoisotopic (exact) mass is 313 g/mol. The van der Waals surface area contributed by atoms with Gasteiger partial charge in [-0.05, 0) is 18.2 Å². The van der Waals surface area contributed by atoms with Gasteiger partial charge in [0.1, 0.15) is 0 Å². The minimum Gasteiger partial charge on any atom is -0.481 e. The van der Waals surface area contributed by atoms with E-state index >= 15 is 0 Å². The minimum atomic E-state index is -3.44. The smallest absolute Gasteiger partial charge is 0.304 e. The summed E-state index contributed by atoms with van der Waals surface area (Å²) in [6.07, 6.45) is 0.00856. The SMILES string of the molecule is CC(CC(=O)O)SCCS(=O)(=O)c1cccc(C#N)c1. The van der Waals surface area contributed by atoms with Crippen LogP contribution in [0.2, 0.25) is 0 Å². The Balaban J connectivity index is 2.62. The first kappa shape index (κ1) is 16.5. The van der Waals surface area contributed by atoms with Crippen LogP contribution >= 0.6 is 11.8 Å². The number of hydrogen-bond donors (Lipinski definition) is 1. The van der Waals surface area contributed by atoms with E-state index in [2.05, 4.69) is 0 Å². The van der Waals surface area contributed by atoms with Crippen LogP contribution in [-0.4, -0.2) is 36.2 Å². The average molecular weight is 313 g/mol. The molecular weight excluding hydrogens is 298 g/mol. The number of hydrogen-bond acceptors (Lipinski definition) is 5. The number of rotatable bonds is 7. The number of carboxylic acid groups (broad SMARTS) is 1. The molecule has 1 aromatic rings. The van der Waals surface area contributed by atoms with Gasteiger partial charge in [-0.15, -0.1) is 0 Å². The fraction of sp³-hybridized carbons (Fsp3) is 0.385. The predicted octanol–water partition coefficient (Wildman–Crippen LogP) is 1.93. The maximum absolute atomic E-state index is 12.1. The van der Waals surface area contributed by atoms with Crippen LogP contribution in [0.25, 0.3) is 0 Å². The zero-order valence-electron chi connectivity index (χ0n) is 10.9. The highest BCUT2D eigenvalue weighted by molar-refractivity contribution is 8.01. The van der Waals surface area contributed by atoms with E-state index in [-0.39, 0.29) is 22.3 Å². The molecule has 0 amide bonds. The lowest BCUT2D eigenvalue weighted by molar-refractivity contribution is -0.136. The summed E-state index contributed by atoms with van der Waals surface area (Å²) in [4.78, 5) is 10.6. The van der Waals surface area contributed by atoms with E-state index in [1.807, 2.05) is 6.07 Å². The topological polar surface area (TPSA) is 95.2 Å². The zero-order valence-corrected chi connectivity index (χ0v) is 12.6. The second-order valence-electron chi connectivity index (χ2n) is 4.24. The largest absolute Gasteiger partial charge is 0.481 e. The van der Waals surface area contributed by atoms with Gasteiger partial charge < -0.3 is 5.11 Å². The van der Waals surface area contributed by atoms with Crippen molar-refractivity contribution in [3.63, 3.8) is 0 Å². The van der Waals surface area contributed by atoms with E-state index < -0.39 is 15.8 Å². The van der Waals surface area contributed by atoms with Crippen LogP contribution in [-0.2, 0) is 14.6 Å². The molecule has 0 saturated heterocycles. The van der Waals surface area contributed by atoms with E-state index in [4.69, 9.17) is 10.4 Å². The Bertz CT molecular complexity index is 620. The summed E-state index contributed by atoms with van der Waals surface area (Å²) in [6, 6.07) is 7.79. The zero-order chi connectivity index (χ0) is 15.2. The number of carboxylic acids is 1. The second kappa shape index (κ2) is 7.31. The highest BCUT2D eigenvalue weighted by Crippen LogP contribution is 2.18. The van der Waals surface area contributed by atoms with Gasteiger partial charge in [0.05, 0.1) is 28.7 Å². The normalized spacial score (nSPS) is 12.6. The van der Waals surface area contributed by atoms with Crippen molar-refractivity contribution < 1.29 is 18.3 Å². The minimum absolute atomic E-state index is 0.00856. The van der Waals surface area contributed by atoms with Gasteiger partial charge in [0.2, 0.25) is 0 Å². The molecule has 1 atom stereocenters. The standard InChI is InChI=1S/C13H15NO4S2/c1-10(7-13(15)16)19-5-6-20(17,18)12-4-2-3-11(8-12)9-14/h2-4,8,10H,5-7H2,1H3,(H,15,16). The Hall–Kier alpha value is -1.52. The van der Waals surface area contributed by atoms with E-state index in [0.29, 0.717) is 11.3 Å². The van der Waals surface area contributed by atoms with Crippen LogP contribution < -0.4 is 0 Å². The molecule has 0 radical (unpaired) electrons. The molecule has 1 unspecified atom stereocenters. The Morgan fingerprint density at radius 2 is 2.20 bits per heavy atom. The van der Waals surface area contributed by atoms with Gasteiger partial charge in [-0.25, -0.2) is 8.42 Å². The summed E-state index contributed by atoms with van der Waals surface area (Å²) in [6.45, 7) is 1.75. The lowest BCUT2D eigenvalue weighted by atomic mass is 10.2. The second-order valence-corrected chi connectivity index (χ2v) is 7.89. The first-order valence-corrected chi connectivity index (χ1v) is 8.61. The predicted molar refractivity (Wildman–Crippen MR) is 77.4 cm³/mol. The summed E-state index contributed by atoms with van der Waals surface area (Å²) in [5.41, 5.74) is 0.304. The molecule has 0 bridgehead atoms. The van der Waals surface area contributed by atoms with E-state index in [9.17, 15) is 13.2 Å². The molecule has 108 valence electrons. The van der Waals surface area contributed by atoms with Crippen molar-refractivity contribution in [2.24, 2.45) is 0 Å². The van der Waals surface area contributed by atoms with Gasteiger partial charge in [0, 0.05) is 11.0 Å². The van der Waals surface area contributed by atoms with Crippen LogP contribution in [0.1, 0.15) is 18.9 Å². The molecule has 0 fully saturated rings. The van der Waals surface area contributed by atoms with Gasteiger partial charge >= 0.3 is 5.97 Å². The fourth-order valence-electron chi connectivity index (χ4n) is 1.54. The van der Waals surface area contributed by atoms with Gasteiger partial charge in [-0.2, -0.15) is 17.0 Å². The van der Waals surface area contributed by atoms with Crippen LogP contribution in [0.3, 0.4) is 0 Å². The molecule has 1 aromatic carbocycles. The van der Waals surface area contributed by atoms with Crippen LogP contribution in [0.5, 0.6) is 0 Å². The van der Waals surface area contributed by atoms with Gasteiger partial charge in [0.15, 0.2) is 9.84 Å². The van der Waals surface area contributed by atoms with Crippen molar-refractivity contribution in [2.45, 2.75) is 23.5 Å². The van der Waals surface area contributed by atoms with E-state index in [0.717, 1.165) is 0 Å². The number of aliphatic carboxylic acids is 1. The number of sulfone groups is 1. The molecule has 1 rings (SSSR count). The number of nitriles is 1. The van der Waals surface area contributed by atoms with Crippen molar-refractivity contribution in [3.8, 4) is 6.07 Å². The van der Waals surface area contributed by atoms with E-state index in [1.165, 1.54) is 30.0 Å². The molecule has 5 nitrogen and oxygen atoms in total. The van der Waals surface area contributed by atoms with Gasteiger partial charge in [-0.1, -0.05) is 13.0 Å². The number of nitrogens with zero attached hydrogens (tertiary/aromatic N) is 1. The number of thioether (sulfide) groups is 1. The maximum Gasteiger partial charge on any atom is 0.304 e. The van der Waals surface area contributed by atoms with Crippen molar-refractivity contribution in [1.29, 1.82) is 5.26 Å². The first-order chi connectivity index (χ1) is 9.35. The average Bonchev–Trinajstić information content (AvgIpc) is 2.37. The summed E-state index contributed by atoms with van der Waals surface area (Å²) in [5.74, 6) is -0.640. The Labute approximate surface area is 122 Å². The molecule has 1 N–H and O–H groups in total. The van der Waals surface area contributed by atoms with Gasteiger partial charge in [-0.3, -0.25) is 4.79 Å². The summed E-state index contributed by atoms with van der Waals surface area (Å²) >= 11 is 1.31. The van der Waals surface area contributed by atoms with Crippen molar-refractivity contribution in [2.75, 3.05) is 11.5 Å². The third-order valence-electron chi connectivity index (χ3n) is 2.54. The van der Waals surface area contributed by atoms with Crippen molar-refractivity contribution >= 4 is 27.6 Å². The molecule has 0 aliphatic carbocycles. The maximum atomic E-state index is 12.1. The number of benzene rings is 1. The molecule has 0 spiro atoms. The lowest BCUT2D eigenvalue weighted by Gasteiger charge is -2.09. The third kappa shape index (κ3) is 5.23. The molecule has 0 aliphatic rings. The summed E-state index contributed by atoms with van der Waals surface area (Å²) in [7, 11) is -3.44. The van der Waals surface area contributed by atoms with Crippen LogP contribution in [0, 0.1) is 11.3 Å². The highest BCUT2D eigenvalue weighted by atomic mass is 32.2. The van der Waals surface area contributed by atoms with Crippen LogP contribution in [0.4, 0.5) is 0 Å². The molecule has 7 heteroatoms. The molecule has 20 heavy (non-hydrogen) atoms. The lowest BCUT2D eigenvalue weighted by Crippen LogP contribution is -2.12. The summed E-state index contributed by atoms with van der Waals surface area (Å²) < 4.78 is 24.1. The molecule has 0 aromatic heterocycles. The third-order valence-corrected chi connectivity index (χ3v) is 5.69. The van der Waals surface area contributed by atoms with Crippen LogP contribution in [0.15, 0.2) is 29.2 Å². The molecule has 0 aliphatic heterocycles. The van der Waals surface area contributed by atoms with E-state index in [1.54, 1.807) is 13.0 Å². The Morgan fingerprint density at radius 3 is 2.80 bits per heavy atom.